The first-order valence-electron chi connectivity index (χ1n) is 8.84. The summed E-state index contributed by atoms with van der Waals surface area (Å²) in [5.74, 6) is -1.34. The number of carbonyl (C=O) groups is 3. The molecular weight excluding hydrogens is 477 g/mol. The lowest BCUT2D eigenvalue weighted by Crippen LogP contribution is -2.47. The van der Waals surface area contributed by atoms with Crippen LogP contribution in [0.15, 0.2) is 56.3 Å². The topological polar surface area (TPSA) is 105 Å². The number of nitrogens with zero attached hydrogens (tertiary/aromatic N) is 2. The number of thiophene rings is 1. The summed E-state index contributed by atoms with van der Waals surface area (Å²) in [5.41, 5.74) is 5.94. The highest BCUT2D eigenvalue weighted by molar-refractivity contribution is 8.26. The summed E-state index contributed by atoms with van der Waals surface area (Å²) in [6.45, 7) is -0.287. The smallest absolute Gasteiger partial charge is 0.266 e. The van der Waals surface area contributed by atoms with Crippen LogP contribution in [0.4, 0.5) is 0 Å². The van der Waals surface area contributed by atoms with Gasteiger partial charge in [-0.15, -0.1) is 11.3 Å². The van der Waals surface area contributed by atoms with Crippen LogP contribution in [0.2, 0.25) is 0 Å². The summed E-state index contributed by atoms with van der Waals surface area (Å²) >= 11 is 8.96. The maximum atomic E-state index is 12.5. The van der Waals surface area contributed by atoms with Crippen molar-refractivity contribution in [3.05, 3.63) is 51.6 Å². The summed E-state index contributed by atoms with van der Waals surface area (Å²) in [6.07, 6.45) is 1.74. The number of hydrogen-bond donors (Lipinski definition) is 2. The lowest BCUT2D eigenvalue weighted by atomic mass is 10.3. The lowest BCUT2D eigenvalue weighted by Gasteiger charge is -2.14. The fraction of sp³-hybridized carbons (Fsp3) is 0.105. The zero-order valence-electron chi connectivity index (χ0n) is 15.7. The molecular formula is C19H14N4O4S4. The van der Waals surface area contributed by atoms with E-state index in [0.717, 1.165) is 28.4 Å². The largest absolute Gasteiger partial charge is 0.431 e. The van der Waals surface area contributed by atoms with E-state index >= 15 is 0 Å². The maximum Gasteiger partial charge on any atom is 0.266 e. The van der Waals surface area contributed by atoms with Crippen molar-refractivity contribution < 1.29 is 18.8 Å². The molecule has 8 nitrogen and oxygen atoms in total. The monoisotopic (exact) mass is 490 g/mol. The van der Waals surface area contributed by atoms with Gasteiger partial charge in [-0.1, -0.05) is 53.9 Å². The predicted molar refractivity (Wildman–Crippen MR) is 125 cm³/mol. The highest BCUT2D eigenvalue weighted by Crippen LogP contribution is 2.33. The Kier molecular flexibility index (Phi) is 6.70. The molecule has 1 saturated heterocycles. The Hall–Kier alpha value is -2.67. The Labute approximate surface area is 194 Å². The van der Waals surface area contributed by atoms with Gasteiger partial charge in [0.1, 0.15) is 16.4 Å². The Balaban J connectivity index is 1.24. The number of rotatable bonds is 6. The molecule has 1 aromatic carbocycles. The lowest BCUT2D eigenvalue weighted by molar-refractivity contribution is -0.131. The second-order valence-corrected chi connectivity index (χ2v) is 9.70. The van der Waals surface area contributed by atoms with Gasteiger partial charge >= 0.3 is 0 Å². The van der Waals surface area contributed by atoms with Gasteiger partial charge in [-0.25, -0.2) is 4.98 Å². The third kappa shape index (κ3) is 5.34. The quantitative estimate of drug-likeness (QED) is 0.235. The van der Waals surface area contributed by atoms with Gasteiger partial charge in [0, 0.05) is 4.88 Å². The van der Waals surface area contributed by atoms with E-state index in [4.69, 9.17) is 16.6 Å². The molecule has 2 N–H and O–H groups in total. The molecule has 2 aromatic heterocycles. The minimum atomic E-state index is -0.561. The number of oxazole rings is 1. The third-order valence-electron chi connectivity index (χ3n) is 3.93. The van der Waals surface area contributed by atoms with E-state index in [0.29, 0.717) is 25.5 Å². The second-order valence-electron chi connectivity index (χ2n) is 6.12. The highest BCUT2D eigenvalue weighted by atomic mass is 32.2. The number of thioether (sulfide) groups is 2. The van der Waals surface area contributed by atoms with Gasteiger partial charge in [0.25, 0.3) is 17.0 Å². The van der Waals surface area contributed by atoms with E-state index in [1.165, 1.54) is 16.2 Å². The molecule has 3 aromatic rings. The van der Waals surface area contributed by atoms with Gasteiger partial charge in [-0.2, -0.15) is 0 Å². The molecule has 1 fully saturated rings. The molecule has 1 aliphatic rings. The molecule has 3 heterocycles. The van der Waals surface area contributed by atoms with Crippen molar-refractivity contribution in [1.82, 2.24) is 20.7 Å². The highest BCUT2D eigenvalue weighted by Gasteiger charge is 2.33. The normalized spacial score (nSPS) is 15.1. The molecule has 0 radical (unpaired) electrons. The SMILES string of the molecule is O=C(CSc1nc2ccccc2o1)NNC(=O)CN1C(=O)C(=Cc2cccs2)SC1=S. The van der Waals surface area contributed by atoms with Crippen LogP contribution in [-0.2, 0) is 14.4 Å². The molecule has 158 valence electrons. The van der Waals surface area contributed by atoms with E-state index in [1.807, 2.05) is 35.7 Å². The van der Waals surface area contributed by atoms with Gasteiger partial charge in [0.15, 0.2) is 5.58 Å². The van der Waals surface area contributed by atoms with Crippen molar-refractivity contribution in [2.75, 3.05) is 12.3 Å². The Bertz CT molecular complexity index is 1160. The number of hydrogen-bond acceptors (Lipinski definition) is 9. The van der Waals surface area contributed by atoms with Crippen molar-refractivity contribution in [1.29, 1.82) is 0 Å². The van der Waals surface area contributed by atoms with Crippen LogP contribution in [0.25, 0.3) is 17.2 Å². The number of benzene rings is 1. The Morgan fingerprint density at radius 1 is 1.19 bits per heavy atom. The van der Waals surface area contributed by atoms with E-state index in [2.05, 4.69) is 15.8 Å². The number of aromatic nitrogens is 1. The molecule has 0 saturated carbocycles. The molecule has 0 spiro atoms. The summed E-state index contributed by atoms with van der Waals surface area (Å²) in [7, 11) is 0. The van der Waals surface area contributed by atoms with Gasteiger partial charge in [-0.05, 0) is 29.7 Å². The molecule has 0 aliphatic carbocycles. The molecule has 12 heteroatoms. The molecule has 31 heavy (non-hydrogen) atoms. The van der Waals surface area contributed by atoms with Crippen molar-refractivity contribution >= 4 is 86.3 Å². The fourth-order valence-corrected chi connectivity index (χ4v) is 5.15. The third-order valence-corrected chi connectivity index (χ3v) is 6.96. The number of hydrazine groups is 1. The van der Waals surface area contributed by atoms with E-state index < -0.39 is 11.8 Å². The van der Waals surface area contributed by atoms with Gasteiger partial charge < -0.3 is 4.42 Å². The fourth-order valence-electron chi connectivity index (χ4n) is 2.54. The number of para-hydroxylation sites is 2. The first kappa shape index (κ1) is 21.6. The standard InChI is InChI=1S/C19H14N4O4S4/c24-15(9-23-17(26)14(31-19(23)28)8-11-4-3-7-29-11)21-22-16(25)10-30-18-20-12-5-1-2-6-13(12)27-18/h1-8H,9-10H2,(H,21,24)(H,22,25). The number of thiocarbonyl (C=S) groups is 1. The maximum absolute atomic E-state index is 12.5. The van der Waals surface area contributed by atoms with Crippen LogP contribution < -0.4 is 10.9 Å². The summed E-state index contributed by atoms with van der Waals surface area (Å²) in [5, 5.41) is 2.27. The van der Waals surface area contributed by atoms with Crippen LogP contribution >= 0.6 is 47.1 Å². The van der Waals surface area contributed by atoms with E-state index in [-0.39, 0.29) is 18.2 Å². The Morgan fingerprint density at radius 2 is 2.00 bits per heavy atom. The summed E-state index contributed by atoms with van der Waals surface area (Å²) < 4.78 is 5.82. The van der Waals surface area contributed by atoms with Gasteiger partial charge in [0.2, 0.25) is 5.91 Å². The summed E-state index contributed by atoms with van der Waals surface area (Å²) in [4.78, 5) is 43.5. The van der Waals surface area contributed by atoms with E-state index in [9.17, 15) is 14.4 Å². The van der Waals surface area contributed by atoms with Crippen LogP contribution in [0, 0.1) is 0 Å². The zero-order valence-corrected chi connectivity index (χ0v) is 19.0. The minimum absolute atomic E-state index is 0.00227. The molecule has 1 aliphatic heterocycles. The first-order chi connectivity index (χ1) is 15.0. The number of carbonyl (C=O) groups excluding carboxylic acids is 3. The van der Waals surface area contributed by atoms with Crippen LogP contribution in [0.1, 0.15) is 4.88 Å². The van der Waals surface area contributed by atoms with Crippen molar-refractivity contribution in [2.24, 2.45) is 0 Å². The van der Waals surface area contributed by atoms with Crippen LogP contribution in [-0.4, -0.2) is 44.2 Å². The van der Waals surface area contributed by atoms with Crippen molar-refractivity contribution in [3.8, 4) is 0 Å². The molecule has 3 amide bonds. The summed E-state index contributed by atoms with van der Waals surface area (Å²) in [6, 6.07) is 11.1. The first-order valence-corrected chi connectivity index (χ1v) is 11.9. The predicted octanol–water partition coefficient (Wildman–Crippen LogP) is 3.03. The molecule has 0 unspecified atom stereocenters. The van der Waals surface area contributed by atoms with E-state index in [1.54, 1.807) is 12.1 Å². The van der Waals surface area contributed by atoms with Gasteiger partial charge in [0.05, 0.1) is 10.7 Å². The van der Waals surface area contributed by atoms with Crippen molar-refractivity contribution in [2.45, 2.75) is 5.22 Å². The second kappa shape index (κ2) is 9.64. The van der Waals surface area contributed by atoms with Crippen LogP contribution in [0.5, 0.6) is 0 Å². The Morgan fingerprint density at radius 3 is 2.77 bits per heavy atom. The average Bonchev–Trinajstić information content (AvgIpc) is 3.47. The minimum Gasteiger partial charge on any atom is -0.431 e. The molecule has 0 bridgehead atoms. The molecule has 4 rings (SSSR count). The average molecular weight is 491 g/mol. The van der Waals surface area contributed by atoms with Gasteiger partial charge in [-0.3, -0.25) is 30.1 Å². The molecule has 0 atom stereocenters. The zero-order chi connectivity index (χ0) is 21.8. The number of fused-ring (bicyclic) bond motifs is 1. The van der Waals surface area contributed by atoms with Crippen LogP contribution in [0.3, 0.4) is 0 Å². The number of amides is 3. The number of nitrogens with one attached hydrogen (secondary N) is 2. The van der Waals surface area contributed by atoms with Crippen molar-refractivity contribution in [3.63, 3.8) is 0 Å².